The number of rotatable bonds is 5. The lowest BCUT2D eigenvalue weighted by molar-refractivity contribution is 1.01. The summed E-state index contributed by atoms with van der Waals surface area (Å²) in [6.07, 6.45) is 0. The van der Waals surface area contributed by atoms with Crippen molar-refractivity contribution >= 4 is 65.3 Å². The molecule has 12 rings (SSSR count). The van der Waals surface area contributed by atoms with E-state index in [1.807, 2.05) is 0 Å². The van der Waals surface area contributed by atoms with Gasteiger partial charge in [-0.1, -0.05) is 152 Å². The highest BCUT2D eigenvalue weighted by Gasteiger charge is 2.20. The third kappa shape index (κ3) is 5.09. The monoisotopic (exact) mass is 738 g/mol. The van der Waals surface area contributed by atoms with Crippen LogP contribution in [0.3, 0.4) is 0 Å². The highest BCUT2D eigenvalue weighted by Crippen LogP contribution is 2.40. The molecule has 0 bridgehead atoms. The van der Waals surface area contributed by atoms with Gasteiger partial charge in [0, 0.05) is 38.2 Å². The van der Waals surface area contributed by atoms with E-state index in [2.05, 4.69) is 215 Å². The molecule has 9 aromatic carbocycles. The molecule has 0 radical (unpaired) electrons. The second-order valence-electron chi connectivity index (χ2n) is 15.0. The topological polar surface area (TPSA) is 35.6 Å². The Balaban J connectivity index is 1.11. The minimum Gasteiger partial charge on any atom is -0.309 e. The van der Waals surface area contributed by atoms with Gasteiger partial charge < -0.3 is 4.57 Å². The van der Waals surface area contributed by atoms with Crippen molar-refractivity contribution in [3.63, 3.8) is 0 Å². The highest BCUT2D eigenvalue weighted by atomic mass is 15.2. The molecule has 0 aliphatic rings. The minimum atomic E-state index is 0.644. The summed E-state index contributed by atoms with van der Waals surface area (Å²) in [7, 11) is 0. The molecule has 0 saturated carbocycles. The van der Waals surface area contributed by atoms with Crippen molar-refractivity contribution in [3.05, 3.63) is 206 Å². The average molecular weight is 739 g/mol. The maximum Gasteiger partial charge on any atom is 0.235 e. The predicted molar refractivity (Wildman–Crippen MR) is 242 cm³/mol. The van der Waals surface area contributed by atoms with Crippen LogP contribution in [0.2, 0.25) is 0 Å². The van der Waals surface area contributed by atoms with Crippen LogP contribution < -0.4 is 0 Å². The molecule has 4 heteroatoms. The Kier molecular flexibility index (Phi) is 7.20. The molecule has 0 unspecified atom stereocenters. The summed E-state index contributed by atoms with van der Waals surface area (Å²) in [4.78, 5) is 10.8. The molecule has 0 saturated heterocycles. The van der Waals surface area contributed by atoms with Crippen LogP contribution in [0, 0.1) is 0 Å². The van der Waals surface area contributed by atoms with Crippen LogP contribution in [0.15, 0.2) is 206 Å². The Bertz CT molecular complexity index is 3560. The Morgan fingerprint density at radius 2 is 0.845 bits per heavy atom. The van der Waals surface area contributed by atoms with Gasteiger partial charge in [0.05, 0.1) is 33.3 Å². The van der Waals surface area contributed by atoms with Gasteiger partial charge in [0.25, 0.3) is 0 Å². The zero-order chi connectivity index (χ0) is 38.2. The lowest BCUT2D eigenvalue weighted by Gasteiger charge is -2.13. The molecule has 3 aromatic heterocycles. The largest absolute Gasteiger partial charge is 0.309 e. The van der Waals surface area contributed by atoms with Crippen LogP contribution in [0.1, 0.15) is 0 Å². The molecule has 0 spiro atoms. The molecule has 0 aliphatic carbocycles. The lowest BCUT2D eigenvalue weighted by atomic mass is 10.00. The van der Waals surface area contributed by atoms with E-state index in [4.69, 9.17) is 9.97 Å². The Morgan fingerprint density at radius 3 is 1.64 bits per heavy atom. The van der Waals surface area contributed by atoms with E-state index in [1.165, 1.54) is 43.5 Å². The lowest BCUT2D eigenvalue weighted by Crippen LogP contribution is -2.03. The summed E-state index contributed by atoms with van der Waals surface area (Å²) in [6.45, 7) is 0. The molecule has 0 amide bonds. The van der Waals surface area contributed by atoms with Gasteiger partial charge >= 0.3 is 0 Å². The first kappa shape index (κ1) is 32.4. The molecule has 58 heavy (non-hydrogen) atoms. The molecular formula is C54H34N4. The maximum absolute atomic E-state index is 5.49. The van der Waals surface area contributed by atoms with Gasteiger partial charge in [-0.05, 0) is 87.6 Å². The van der Waals surface area contributed by atoms with Crippen molar-refractivity contribution in [2.45, 2.75) is 0 Å². The minimum absolute atomic E-state index is 0.644. The molecule has 4 nitrogen and oxygen atoms in total. The van der Waals surface area contributed by atoms with Gasteiger partial charge in [-0.2, -0.15) is 0 Å². The number of fused-ring (bicyclic) bond motifs is 8. The van der Waals surface area contributed by atoms with Gasteiger partial charge in [0.2, 0.25) is 5.95 Å². The third-order valence-corrected chi connectivity index (χ3v) is 11.7. The molecular weight excluding hydrogens is 705 g/mol. The molecule has 270 valence electrons. The van der Waals surface area contributed by atoms with Gasteiger partial charge in [-0.3, -0.25) is 4.57 Å². The summed E-state index contributed by atoms with van der Waals surface area (Å²) in [5.41, 5.74) is 13.1. The van der Waals surface area contributed by atoms with E-state index in [9.17, 15) is 0 Å². The standard InChI is InChI=1S/C54H34N4/c1-3-14-35(15-4-1)36-18-13-19-41(30-36)53-46-23-9-11-24-48(46)55-54(56-53)58-51-34-40(27-29-45(51)47-31-37-16-7-8-17-38(37)32-52(47)58)39-26-28-44-43-22-10-12-25-49(43)57(50(44)33-39)42-20-5-2-6-21-42/h1-34H. The summed E-state index contributed by atoms with van der Waals surface area (Å²) >= 11 is 0. The fourth-order valence-corrected chi connectivity index (χ4v) is 8.96. The van der Waals surface area contributed by atoms with Gasteiger partial charge in [-0.15, -0.1) is 0 Å². The van der Waals surface area contributed by atoms with Crippen LogP contribution in [0.4, 0.5) is 0 Å². The first-order valence-corrected chi connectivity index (χ1v) is 19.7. The van der Waals surface area contributed by atoms with Crippen LogP contribution in [0.25, 0.3) is 110 Å². The highest BCUT2D eigenvalue weighted by molar-refractivity contribution is 6.15. The molecule has 12 aromatic rings. The first-order valence-electron chi connectivity index (χ1n) is 19.7. The summed E-state index contributed by atoms with van der Waals surface area (Å²) in [6, 6.07) is 73.9. The van der Waals surface area contributed by atoms with E-state index in [1.54, 1.807) is 0 Å². The zero-order valence-corrected chi connectivity index (χ0v) is 31.4. The van der Waals surface area contributed by atoms with Crippen molar-refractivity contribution < 1.29 is 0 Å². The Hall–Kier alpha value is -7.82. The first-order chi connectivity index (χ1) is 28.7. The van der Waals surface area contributed by atoms with Crippen molar-refractivity contribution in [1.29, 1.82) is 0 Å². The van der Waals surface area contributed by atoms with Crippen molar-refractivity contribution in [1.82, 2.24) is 19.1 Å². The second-order valence-corrected chi connectivity index (χ2v) is 15.0. The average Bonchev–Trinajstić information content (AvgIpc) is 3.80. The van der Waals surface area contributed by atoms with Crippen LogP contribution in [-0.2, 0) is 0 Å². The zero-order valence-electron chi connectivity index (χ0n) is 31.4. The summed E-state index contributed by atoms with van der Waals surface area (Å²) < 4.78 is 4.66. The van der Waals surface area contributed by atoms with Crippen molar-refractivity contribution in [2.75, 3.05) is 0 Å². The number of para-hydroxylation sites is 3. The summed E-state index contributed by atoms with van der Waals surface area (Å²) in [5.74, 6) is 0.644. The number of hydrogen-bond acceptors (Lipinski definition) is 2. The normalized spacial score (nSPS) is 11.8. The van der Waals surface area contributed by atoms with Gasteiger partial charge in [0.15, 0.2) is 0 Å². The van der Waals surface area contributed by atoms with E-state index in [0.29, 0.717) is 5.95 Å². The van der Waals surface area contributed by atoms with Crippen molar-refractivity contribution in [2.24, 2.45) is 0 Å². The predicted octanol–water partition coefficient (Wildman–Crippen LogP) is 14.0. The SMILES string of the molecule is c1ccc(-c2cccc(-c3nc(-n4c5cc(-c6ccc7c8ccccc8n(-c8ccccc8)c7c6)ccc5c5cc6ccccc6cc54)nc4ccccc34)c2)cc1. The van der Waals surface area contributed by atoms with Crippen LogP contribution in [0.5, 0.6) is 0 Å². The van der Waals surface area contributed by atoms with E-state index in [-0.39, 0.29) is 0 Å². The number of hydrogen-bond donors (Lipinski definition) is 0. The summed E-state index contributed by atoms with van der Waals surface area (Å²) in [5, 5.41) is 8.21. The van der Waals surface area contributed by atoms with Gasteiger partial charge in [-0.25, -0.2) is 9.97 Å². The fraction of sp³-hybridized carbons (Fsp3) is 0. The van der Waals surface area contributed by atoms with Crippen molar-refractivity contribution in [3.8, 4) is 45.1 Å². The number of benzene rings is 9. The Labute approximate surface area is 334 Å². The Morgan fingerprint density at radius 1 is 0.293 bits per heavy atom. The second kappa shape index (κ2) is 12.9. The molecule has 0 fully saturated rings. The smallest absolute Gasteiger partial charge is 0.235 e. The van der Waals surface area contributed by atoms with Crippen LogP contribution in [-0.4, -0.2) is 19.1 Å². The molecule has 0 N–H and O–H groups in total. The molecule has 0 aliphatic heterocycles. The quantitative estimate of drug-likeness (QED) is 0.176. The van der Waals surface area contributed by atoms with E-state index >= 15 is 0 Å². The number of nitrogens with zero attached hydrogens (tertiary/aromatic N) is 4. The molecule has 0 atom stereocenters. The number of aromatic nitrogens is 4. The van der Waals surface area contributed by atoms with Gasteiger partial charge in [0.1, 0.15) is 0 Å². The molecule has 3 heterocycles. The van der Waals surface area contributed by atoms with E-state index in [0.717, 1.165) is 61.0 Å². The van der Waals surface area contributed by atoms with Crippen LogP contribution >= 0.6 is 0 Å². The maximum atomic E-state index is 5.49. The third-order valence-electron chi connectivity index (χ3n) is 11.7. The fourth-order valence-electron chi connectivity index (χ4n) is 8.96. The van der Waals surface area contributed by atoms with E-state index < -0.39 is 0 Å².